The predicted octanol–water partition coefficient (Wildman–Crippen LogP) is 5.86. The molecular formula is C24H21Cl2NO4. The number of aromatic carboxylic acids is 1. The van der Waals surface area contributed by atoms with Crippen molar-refractivity contribution in [3.8, 4) is 0 Å². The zero-order chi connectivity index (χ0) is 22.5. The van der Waals surface area contributed by atoms with Crippen molar-refractivity contribution in [2.24, 2.45) is 5.41 Å². The fraction of sp³-hybridized carbons (Fsp3) is 0.292. The van der Waals surface area contributed by atoms with Gasteiger partial charge in [0.2, 0.25) is 5.91 Å². The third-order valence-corrected chi connectivity index (χ3v) is 6.52. The highest BCUT2D eigenvalue weighted by Gasteiger charge is 2.45. The van der Waals surface area contributed by atoms with Crippen LogP contribution in [0.5, 0.6) is 0 Å². The van der Waals surface area contributed by atoms with Crippen LogP contribution in [0.15, 0.2) is 53.7 Å². The molecule has 1 aliphatic heterocycles. The number of rotatable bonds is 3. The molecule has 31 heavy (non-hydrogen) atoms. The number of carboxylic acids is 1. The van der Waals surface area contributed by atoms with Crippen LogP contribution in [-0.2, 0) is 9.59 Å². The average Bonchev–Trinajstić information content (AvgIpc) is 2.67. The molecule has 4 rings (SSSR count). The van der Waals surface area contributed by atoms with E-state index in [0.717, 1.165) is 5.56 Å². The molecule has 1 heterocycles. The van der Waals surface area contributed by atoms with Crippen molar-refractivity contribution in [2.45, 2.75) is 39.0 Å². The lowest BCUT2D eigenvalue weighted by atomic mass is 9.69. The SMILES string of the molecule is CC1(C)CC(=O)C2=C(C1)N(c1cc(C(=O)O)ccc1Cl)C(=O)CC2c1ccccc1Cl. The molecule has 0 spiro atoms. The Bertz CT molecular complexity index is 1150. The zero-order valence-electron chi connectivity index (χ0n) is 17.1. The molecule has 1 aliphatic carbocycles. The lowest BCUT2D eigenvalue weighted by Crippen LogP contribution is -2.44. The van der Waals surface area contributed by atoms with Crippen molar-refractivity contribution in [1.29, 1.82) is 0 Å². The van der Waals surface area contributed by atoms with Gasteiger partial charge >= 0.3 is 5.97 Å². The maximum Gasteiger partial charge on any atom is 0.335 e. The smallest absolute Gasteiger partial charge is 0.335 e. The lowest BCUT2D eigenvalue weighted by Gasteiger charge is -2.43. The number of amides is 1. The van der Waals surface area contributed by atoms with Gasteiger partial charge in [0.15, 0.2) is 5.78 Å². The van der Waals surface area contributed by atoms with E-state index >= 15 is 0 Å². The van der Waals surface area contributed by atoms with Crippen molar-refractivity contribution in [2.75, 3.05) is 4.90 Å². The minimum Gasteiger partial charge on any atom is -0.478 e. The Hall–Kier alpha value is -2.63. The number of hydrogen-bond acceptors (Lipinski definition) is 3. The number of carbonyl (C=O) groups is 3. The van der Waals surface area contributed by atoms with Crippen molar-refractivity contribution in [3.63, 3.8) is 0 Å². The van der Waals surface area contributed by atoms with E-state index in [1.54, 1.807) is 12.1 Å². The molecule has 0 fully saturated rings. The summed E-state index contributed by atoms with van der Waals surface area (Å²) in [6.07, 6.45) is 0.883. The first-order valence-corrected chi connectivity index (χ1v) is 10.7. The van der Waals surface area contributed by atoms with E-state index in [4.69, 9.17) is 23.2 Å². The van der Waals surface area contributed by atoms with Crippen molar-refractivity contribution >= 4 is 46.5 Å². The van der Waals surface area contributed by atoms with E-state index in [1.165, 1.54) is 23.1 Å². The number of ketones is 1. The van der Waals surface area contributed by atoms with Gasteiger partial charge in [-0.3, -0.25) is 14.5 Å². The van der Waals surface area contributed by atoms with Gasteiger partial charge in [0.1, 0.15) is 0 Å². The largest absolute Gasteiger partial charge is 0.478 e. The topological polar surface area (TPSA) is 74.7 Å². The number of anilines is 1. The molecule has 0 saturated carbocycles. The highest BCUT2D eigenvalue weighted by Crippen LogP contribution is 2.49. The summed E-state index contributed by atoms with van der Waals surface area (Å²) in [6.45, 7) is 3.96. The first-order chi connectivity index (χ1) is 14.6. The highest BCUT2D eigenvalue weighted by molar-refractivity contribution is 6.34. The lowest BCUT2D eigenvalue weighted by molar-refractivity contribution is -0.121. The van der Waals surface area contributed by atoms with E-state index in [0.29, 0.717) is 29.1 Å². The monoisotopic (exact) mass is 457 g/mol. The molecule has 1 atom stereocenters. The second kappa shape index (κ2) is 7.81. The standard InChI is InChI=1S/C24H21Cl2NO4/c1-24(2)11-19-22(20(28)12-24)15(14-5-3-4-6-16(14)25)10-21(29)27(19)18-9-13(23(30)31)7-8-17(18)26/h3-9,15H,10-12H2,1-2H3,(H,30,31). The van der Waals surface area contributed by atoms with Crippen LogP contribution >= 0.6 is 23.2 Å². The van der Waals surface area contributed by atoms with E-state index in [-0.39, 0.29) is 39.8 Å². The van der Waals surface area contributed by atoms with E-state index in [9.17, 15) is 19.5 Å². The van der Waals surface area contributed by atoms with Crippen LogP contribution in [-0.4, -0.2) is 22.8 Å². The molecule has 160 valence electrons. The van der Waals surface area contributed by atoms with E-state index in [2.05, 4.69) is 0 Å². The third kappa shape index (κ3) is 3.88. The van der Waals surface area contributed by atoms with Crippen LogP contribution < -0.4 is 4.90 Å². The second-order valence-corrected chi connectivity index (χ2v) is 9.59. The fourth-order valence-corrected chi connectivity index (χ4v) is 5.00. The van der Waals surface area contributed by atoms with Gasteiger partial charge in [-0.25, -0.2) is 4.79 Å². The average molecular weight is 458 g/mol. The number of hydrogen-bond donors (Lipinski definition) is 1. The molecule has 7 heteroatoms. The quantitative estimate of drug-likeness (QED) is 0.626. The van der Waals surface area contributed by atoms with Crippen LogP contribution in [0.25, 0.3) is 0 Å². The Morgan fingerprint density at radius 2 is 1.77 bits per heavy atom. The molecule has 5 nitrogen and oxygen atoms in total. The Morgan fingerprint density at radius 3 is 2.45 bits per heavy atom. The van der Waals surface area contributed by atoms with Crippen molar-refractivity contribution < 1.29 is 19.5 Å². The Kier molecular flexibility index (Phi) is 5.44. The molecule has 2 aromatic rings. The zero-order valence-corrected chi connectivity index (χ0v) is 18.6. The number of carboxylic acid groups (broad SMARTS) is 1. The second-order valence-electron chi connectivity index (χ2n) is 8.78. The molecule has 2 aromatic carbocycles. The van der Waals surface area contributed by atoms with Gasteiger partial charge in [0.25, 0.3) is 0 Å². The summed E-state index contributed by atoms with van der Waals surface area (Å²) in [4.78, 5) is 39.7. The molecule has 0 radical (unpaired) electrons. The highest BCUT2D eigenvalue weighted by atomic mass is 35.5. The number of Topliss-reactive ketones (excluding diaryl/α,β-unsaturated/α-hetero) is 1. The molecular weight excluding hydrogens is 437 g/mol. The van der Waals surface area contributed by atoms with Gasteiger partial charge < -0.3 is 5.11 Å². The Labute approximate surface area is 190 Å². The summed E-state index contributed by atoms with van der Waals surface area (Å²) in [7, 11) is 0. The third-order valence-electron chi connectivity index (χ3n) is 5.86. The molecule has 1 N–H and O–H groups in total. The number of nitrogens with zero attached hydrogens (tertiary/aromatic N) is 1. The number of halogens is 2. The molecule has 1 amide bonds. The van der Waals surface area contributed by atoms with Crippen molar-refractivity contribution in [3.05, 3.63) is 74.9 Å². The van der Waals surface area contributed by atoms with E-state index in [1.807, 2.05) is 26.0 Å². The van der Waals surface area contributed by atoms with Gasteiger partial charge in [-0.2, -0.15) is 0 Å². The summed E-state index contributed by atoms with van der Waals surface area (Å²) >= 11 is 12.8. The summed E-state index contributed by atoms with van der Waals surface area (Å²) < 4.78 is 0. The van der Waals surface area contributed by atoms with Crippen LogP contribution in [0.2, 0.25) is 10.0 Å². The van der Waals surface area contributed by atoms with E-state index < -0.39 is 11.9 Å². The Balaban J connectivity index is 1.95. The predicted molar refractivity (Wildman–Crippen MR) is 120 cm³/mol. The summed E-state index contributed by atoms with van der Waals surface area (Å²) in [5, 5.41) is 10.2. The number of allylic oxidation sites excluding steroid dienone is 2. The van der Waals surface area contributed by atoms with Gasteiger partial charge in [-0.15, -0.1) is 0 Å². The van der Waals surface area contributed by atoms with Crippen LogP contribution in [0.3, 0.4) is 0 Å². The minimum absolute atomic E-state index is 0.0176. The van der Waals surface area contributed by atoms with Crippen LogP contribution in [0, 0.1) is 5.41 Å². The molecule has 0 saturated heterocycles. The minimum atomic E-state index is -1.12. The normalized spacial score (nSPS) is 20.6. The summed E-state index contributed by atoms with van der Waals surface area (Å²) in [5.74, 6) is -1.85. The van der Waals surface area contributed by atoms with Gasteiger partial charge in [0.05, 0.1) is 16.3 Å². The van der Waals surface area contributed by atoms with Gasteiger partial charge in [-0.05, 0) is 41.7 Å². The molecule has 0 aromatic heterocycles. The first-order valence-electron chi connectivity index (χ1n) is 9.95. The van der Waals surface area contributed by atoms with Gasteiger partial charge in [-0.1, -0.05) is 55.2 Å². The summed E-state index contributed by atoms with van der Waals surface area (Å²) in [6, 6.07) is 11.5. The number of carbonyl (C=O) groups excluding carboxylic acids is 2. The Morgan fingerprint density at radius 1 is 1.06 bits per heavy atom. The fourth-order valence-electron chi connectivity index (χ4n) is 4.54. The maximum atomic E-state index is 13.4. The van der Waals surface area contributed by atoms with Crippen LogP contribution in [0.1, 0.15) is 54.9 Å². The van der Waals surface area contributed by atoms with Gasteiger partial charge in [0, 0.05) is 35.1 Å². The molecule has 2 aliphatic rings. The first kappa shape index (κ1) is 21.6. The van der Waals surface area contributed by atoms with Crippen molar-refractivity contribution in [1.82, 2.24) is 0 Å². The van der Waals surface area contributed by atoms with Crippen LogP contribution in [0.4, 0.5) is 5.69 Å². The molecule has 0 bridgehead atoms. The maximum absolute atomic E-state index is 13.4. The molecule has 1 unspecified atom stereocenters. The summed E-state index contributed by atoms with van der Waals surface area (Å²) in [5.41, 5.74) is 1.82. The number of benzene rings is 2.